The van der Waals surface area contributed by atoms with Crippen LogP contribution in [0.5, 0.6) is 0 Å². The minimum absolute atomic E-state index is 0.0783. The van der Waals surface area contributed by atoms with Crippen molar-refractivity contribution in [2.75, 3.05) is 0 Å². The van der Waals surface area contributed by atoms with E-state index >= 15 is 0 Å². The molecule has 0 spiro atoms. The maximum absolute atomic E-state index is 8.78. The van der Waals surface area contributed by atoms with Crippen LogP contribution in [0.1, 0.15) is 38.8 Å². The van der Waals surface area contributed by atoms with Crippen LogP contribution in [-0.4, -0.2) is 5.60 Å². The van der Waals surface area contributed by atoms with Crippen LogP contribution in [0.25, 0.3) is 0 Å². The molecule has 1 unspecified atom stereocenters. The first kappa shape index (κ1) is 12.7. The molecule has 0 heterocycles. The van der Waals surface area contributed by atoms with Crippen molar-refractivity contribution in [3.63, 3.8) is 0 Å². The molecule has 1 rings (SSSR count). The Bertz CT molecular complexity index is 348. The zero-order chi connectivity index (χ0) is 12.0. The van der Waals surface area contributed by atoms with Crippen molar-refractivity contribution < 1.29 is 4.84 Å². The highest BCUT2D eigenvalue weighted by Crippen LogP contribution is 2.17. The van der Waals surface area contributed by atoms with Gasteiger partial charge in [0.1, 0.15) is 0 Å². The molecule has 16 heavy (non-hydrogen) atoms. The normalized spacial score (nSPS) is 13.1. The van der Waals surface area contributed by atoms with Gasteiger partial charge in [-0.3, -0.25) is 4.84 Å². The largest absolute Gasteiger partial charge is 0.295 e. The van der Waals surface area contributed by atoms with Gasteiger partial charge in [-0.05, 0) is 26.3 Å². The van der Waals surface area contributed by atoms with Gasteiger partial charge in [-0.2, -0.15) is 10.7 Å². The molecule has 1 aromatic rings. The van der Waals surface area contributed by atoms with E-state index < -0.39 is 0 Å². The first-order chi connectivity index (χ1) is 7.53. The van der Waals surface area contributed by atoms with Gasteiger partial charge in [0.2, 0.25) is 0 Å². The third-order valence-electron chi connectivity index (χ3n) is 2.00. The van der Waals surface area contributed by atoms with Gasteiger partial charge >= 0.3 is 0 Å². The number of nitriles is 1. The van der Waals surface area contributed by atoms with Gasteiger partial charge in [0, 0.05) is 0 Å². The lowest BCUT2D eigenvalue weighted by Crippen LogP contribution is -2.32. The number of rotatable bonds is 4. The van der Waals surface area contributed by atoms with Gasteiger partial charge in [0.05, 0.1) is 24.1 Å². The lowest BCUT2D eigenvalue weighted by Gasteiger charge is -2.24. The van der Waals surface area contributed by atoms with E-state index in [0.717, 1.165) is 5.56 Å². The molecule has 86 valence electrons. The number of nitrogens with zero attached hydrogens (tertiary/aromatic N) is 1. The van der Waals surface area contributed by atoms with Crippen LogP contribution in [0.2, 0.25) is 0 Å². The molecular formula is C13H18N2O. The summed E-state index contributed by atoms with van der Waals surface area (Å²) < 4.78 is 0. The summed E-state index contributed by atoms with van der Waals surface area (Å²) in [4.78, 5) is 5.50. The van der Waals surface area contributed by atoms with Crippen molar-refractivity contribution in [2.24, 2.45) is 0 Å². The Morgan fingerprint density at radius 3 is 2.44 bits per heavy atom. The third-order valence-corrected chi connectivity index (χ3v) is 2.00. The molecule has 0 amide bonds. The Kier molecular flexibility index (Phi) is 4.48. The summed E-state index contributed by atoms with van der Waals surface area (Å²) in [7, 11) is 0. The fourth-order valence-corrected chi connectivity index (χ4v) is 1.25. The third kappa shape index (κ3) is 4.43. The molecule has 1 atom stereocenters. The average molecular weight is 218 g/mol. The summed E-state index contributed by atoms with van der Waals surface area (Å²) in [5.74, 6) is 0. The summed E-state index contributed by atoms with van der Waals surface area (Å²) >= 11 is 0. The highest BCUT2D eigenvalue weighted by Gasteiger charge is 2.16. The monoisotopic (exact) mass is 218 g/mol. The van der Waals surface area contributed by atoms with Crippen molar-refractivity contribution in [1.82, 2.24) is 5.48 Å². The number of hydroxylamine groups is 1. The van der Waals surface area contributed by atoms with Crippen LogP contribution < -0.4 is 5.48 Å². The Labute approximate surface area is 97.0 Å². The predicted molar refractivity (Wildman–Crippen MR) is 63.4 cm³/mol. The molecular weight excluding hydrogens is 200 g/mol. The highest BCUT2D eigenvalue weighted by atomic mass is 16.7. The molecule has 0 aliphatic heterocycles. The summed E-state index contributed by atoms with van der Waals surface area (Å²) in [5, 5.41) is 8.78. The van der Waals surface area contributed by atoms with Gasteiger partial charge in [0.25, 0.3) is 0 Å². The smallest absolute Gasteiger partial charge is 0.0813 e. The van der Waals surface area contributed by atoms with Gasteiger partial charge in [-0.15, -0.1) is 0 Å². The minimum atomic E-state index is -0.261. The second kappa shape index (κ2) is 5.64. The lowest BCUT2D eigenvalue weighted by atomic mass is 10.1. The maximum atomic E-state index is 8.78. The molecule has 1 N–H and O–H groups in total. The van der Waals surface area contributed by atoms with E-state index in [-0.39, 0.29) is 11.6 Å². The van der Waals surface area contributed by atoms with E-state index in [1.807, 2.05) is 51.1 Å². The van der Waals surface area contributed by atoms with E-state index in [2.05, 4.69) is 11.5 Å². The second-order valence-electron chi connectivity index (χ2n) is 4.66. The lowest BCUT2D eigenvalue weighted by molar-refractivity contribution is -0.0885. The Morgan fingerprint density at radius 1 is 1.31 bits per heavy atom. The van der Waals surface area contributed by atoms with Gasteiger partial charge in [-0.1, -0.05) is 30.3 Å². The zero-order valence-electron chi connectivity index (χ0n) is 10.0. The second-order valence-corrected chi connectivity index (χ2v) is 4.66. The summed E-state index contributed by atoms with van der Waals surface area (Å²) in [6.45, 7) is 5.90. The number of hydrogen-bond donors (Lipinski definition) is 1. The molecule has 0 aromatic heterocycles. The van der Waals surface area contributed by atoms with Crippen molar-refractivity contribution in [3.05, 3.63) is 35.9 Å². The molecule has 0 radical (unpaired) electrons. The summed E-state index contributed by atoms with van der Waals surface area (Å²) in [6.07, 6.45) is 0.389. The highest BCUT2D eigenvalue weighted by molar-refractivity contribution is 5.19. The van der Waals surface area contributed by atoms with Crippen LogP contribution in [0.15, 0.2) is 30.3 Å². The van der Waals surface area contributed by atoms with Crippen molar-refractivity contribution >= 4 is 0 Å². The fraction of sp³-hybridized carbons (Fsp3) is 0.462. The van der Waals surface area contributed by atoms with E-state index in [1.165, 1.54) is 0 Å². The van der Waals surface area contributed by atoms with Gasteiger partial charge in [-0.25, -0.2) is 0 Å². The molecule has 3 nitrogen and oxygen atoms in total. The summed E-state index contributed by atoms with van der Waals surface area (Å²) in [6, 6.07) is 11.9. The molecule has 1 aromatic carbocycles. The first-order valence-corrected chi connectivity index (χ1v) is 5.38. The van der Waals surface area contributed by atoms with Crippen LogP contribution >= 0.6 is 0 Å². The van der Waals surface area contributed by atoms with Crippen LogP contribution in [0, 0.1) is 11.3 Å². The summed E-state index contributed by atoms with van der Waals surface area (Å²) in [5.41, 5.74) is 3.76. The molecule has 3 heteroatoms. The maximum Gasteiger partial charge on any atom is 0.0813 e. The Morgan fingerprint density at radius 2 is 1.94 bits per heavy atom. The van der Waals surface area contributed by atoms with Crippen LogP contribution in [0.3, 0.4) is 0 Å². The van der Waals surface area contributed by atoms with Crippen LogP contribution in [0.4, 0.5) is 0 Å². The standard InChI is InChI=1S/C13H18N2O/c1-13(2,3)16-15-12(9-10-14)11-7-5-4-6-8-11/h4-8,12,15H,9H2,1-3H3. The average Bonchev–Trinajstić information content (AvgIpc) is 2.24. The quantitative estimate of drug-likeness (QED) is 0.790. The number of hydrogen-bond acceptors (Lipinski definition) is 3. The molecule has 0 aliphatic carbocycles. The molecule has 0 saturated heterocycles. The fourth-order valence-electron chi connectivity index (χ4n) is 1.25. The first-order valence-electron chi connectivity index (χ1n) is 5.38. The minimum Gasteiger partial charge on any atom is -0.295 e. The van der Waals surface area contributed by atoms with Gasteiger partial charge in [0.15, 0.2) is 0 Å². The molecule has 0 fully saturated rings. The van der Waals surface area contributed by atoms with Crippen molar-refractivity contribution in [3.8, 4) is 6.07 Å². The Balaban J connectivity index is 2.66. The number of nitrogens with one attached hydrogen (secondary N) is 1. The SMILES string of the molecule is CC(C)(C)ONC(CC#N)c1ccccc1. The topological polar surface area (TPSA) is 45.0 Å². The molecule has 0 saturated carbocycles. The van der Waals surface area contributed by atoms with Crippen molar-refractivity contribution in [2.45, 2.75) is 38.8 Å². The molecule has 0 aliphatic rings. The van der Waals surface area contributed by atoms with E-state index in [0.29, 0.717) is 6.42 Å². The Hall–Kier alpha value is -1.37. The van der Waals surface area contributed by atoms with E-state index in [4.69, 9.17) is 10.1 Å². The van der Waals surface area contributed by atoms with Crippen molar-refractivity contribution in [1.29, 1.82) is 5.26 Å². The van der Waals surface area contributed by atoms with Crippen LogP contribution in [-0.2, 0) is 4.84 Å². The van der Waals surface area contributed by atoms with E-state index in [1.54, 1.807) is 0 Å². The zero-order valence-corrected chi connectivity index (χ0v) is 10.0. The predicted octanol–water partition coefficient (Wildman–Crippen LogP) is 2.96. The number of benzene rings is 1. The van der Waals surface area contributed by atoms with Gasteiger partial charge < -0.3 is 0 Å². The van der Waals surface area contributed by atoms with E-state index in [9.17, 15) is 0 Å². The molecule has 0 bridgehead atoms.